The van der Waals surface area contributed by atoms with Crippen LogP contribution in [0.1, 0.15) is 22.4 Å². The second-order valence-corrected chi connectivity index (χ2v) is 5.91. The van der Waals surface area contributed by atoms with E-state index in [4.69, 9.17) is 0 Å². The Morgan fingerprint density at radius 1 is 1.19 bits per heavy atom. The molecule has 2 heterocycles. The Hall–Kier alpha value is -2.04. The summed E-state index contributed by atoms with van der Waals surface area (Å²) in [6, 6.07) is 13.9. The summed E-state index contributed by atoms with van der Waals surface area (Å²) >= 11 is 1.57. The number of rotatable bonds is 4. The summed E-state index contributed by atoms with van der Waals surface area (Å²) in [5.74, 6) is 0. The third-order valence-electron chi connectivity index (χ3n) is 3.27. The van der Waals surface area contributed by atoms with Gasteiger partial charge >= 0.3 is 0 Å². The van der Waals surface area contributed by atoms with Crippen molar-refractivity contribution >= 4 is 11.3 Å². The topological polar surface area (TPSA) is 46.0 Å². The van der Waals surface area contributed by atoms with Gasteiger partial charge in [0.1, 0.15) is 6.10 Å². The third-order valence-corrected chi connectivity index (χ3v) is 4.14. The Labute approximate surface area is 128 Å². The molecule has 0 spiro atoms. The van der Waals surface area contributed by atoms with Gasteiger partial charge in [0.25, 0.3) is 0 Å². The van der Waals surface area contributed by atoms with E-state index in [1.165, 1.54) is 0 Å². The summed E-state index contributed by atoms with van der Waals surface area (Å²) in [5, 5.41) is 13.2. The van der Waals surface area contributed by atoms with E-state index < -0.39 is 6.10 Å². The quantitative estimate of drug-likeness (QED) is 0.796. The summed E-state index contributed by atoms with van der Waals surface area (Å²) in [6.45, 7) is 1.99. The van der Waals surface area contributed by atoms with Crippen molar-refractivity contribution < 1.29 is 5.11 Å². The van der Waals surface area contributed by atoms with Crippen molar-refractivity contribution in [2.24, 2.45) is 0 Å². The minimum atomic E-state index is -0.611. The fraction of sp³-hybridized carbons (Fsp3) is 0.176. The van der Waals surface area contributed by atoms with Gasteiger partial charge in [-0.25, -0.2) is 4.98 Å². The van der Waals surface area contributed by atoms with Gasteiger partial charge in [-0.15, -0.1) is 11.3 Å². The van der Waals surface area contributed by atoms with Crippen LogP contribution in [-0.2, 0) is 6.42 Å². The molecule has 1 N–H and O–H groups in total. The SMILES string of the molecule is Cc1ccnc(C(O)Cc2nc(-c3ccccc3)cs2)c1. The number of aliphatic hydroxyl groups excluding tert-OH is 1. The van der Waals surface area contributed by atoms with Crippen LogP contribution in [0.4, 0.5) is 0 Å². The van der Waals surface area contributed by atoms with E-state index in [0.717, 1.165) is 21.8 Å². The number of thiazole rings is 1. The first-order valence-corrected chi connectivity index (χ1v) is 7.71. The lowest BCUT2D eigenvalue weighted by Gasteiger charge is -2.08. The minimum absolute atomic E-state index is 0.494. The summed E-state index contributed by atoms with van der Waals surface area (Å²) < 4.78 is 0. The Kier molecular flexibility index (Phi) is 4.08. The van der Waals surface area contributed by atoms with Gasteiger partial charge in [-0.3, -0.25) is 4.98 Å². The van der Waals surface area contributed by atoms with E-state index in [1.54, 1.807) is 17.5 Å². The van der Waals surface area contributed by atoms with Crippen LogP contribution < -0.4 is 0 Å². The van der Waals surface area contributed by atoms with Crippen LogP contribution in [-0.4, -0.2) is 15.1 Å². The van der Waals surface area contributed by atoms with E-state index in [9.17, 15) is 5.11 Å². The Bertz CT molecular complexity index is 724. The highest BCUT2D eigenvalue weighted by atomic mass is 32.1. The Morgan fingerprint density at radius 3 is 2.76 bits per heavy atom. The Balaban J connectivity index is 1.75. The summed E-state index contributed by atoms with van der Waals surface area (Å²) in [5.41, 5.74) is 3.86. The largest absolute Gasteiger partial charge is 0.386 e. The number of benzene rings is 1. The monoisotopic (exact) mass is 296 g/mol. The average Bonchev–Trinajstić information content (AvgIpc) is 2.97. The zero-order valence-electron chi connectivity index (χ0n) is 11.7. The molecule has 0 fully saturated rings. The number of hydrogen-bond acceptors (Lipinski definition) is 4. The molecule has 3 rings (SSSR count). The lowest BCUT2D eigenvalue weighted by atomic mass is 10.1. The molecule has 3 nitrogen and oxygen atoms in total. The van der Waals surface area contributed by atoms with Crippen molar-refractivity contribution in [2.45, 2.75) is 19.4 Å². The zero-order valence-corrected chi connectivity index (χ0v) is 12.5. The van der Waals surface area contributed by atoms with Crippen LogP contribution in [0.25, 0.3) is 11.3 Å². The van der Waals surface area contributed by atoms with Crippen molar-refractivity contribution in [1.29, 1.82) is 0 Å². The average molecular weight is 296 g/mol. The lowest BCUT2D eigenvalue weighted by Crippen LogP contribution is -2.04. The minimum Gasteiger partial charge on any atom is -0.386 e. The van der Waals surface area contributed by atoms with E-state index in [1.807, 2.05) is 54.8 Å². The van der Waals surface area contributed by atoms with E-state index in [-0.39, 0.29) is 0 Å². The van der Waals surface area contributed by atoms with Gasteiger partial charge in [-0.05, 0) is 24.6 Å². The molecule has 1 aromatic carbocycles. The molecule has 0 amide bonds. The second kappa shape index (κ2) is 6.16. The predicted molar refractivity (Wildman–Crippen MR) is 85.2 cm³/mol. The second-order valence-electron chi connectivity index (χ2n) is 4.97. The van der Waals surface area contributed by atoms with Crippen LogP contribution in [0.3, 0.4) is 0 Å². The standard InChI is InChI=1S/C17H16N2OS/c1-12-7-8-18-14(9-12)16(20)10-17-19-15(11-21-17)13-5-3-2-4-6-13/h2-9,11,16,20H,10H2,1H3. The molecule has 2 aromatic heterocycles. The van der Waals surface area contributed by atoms with Crippen molar-refractivity contribution in [3.8, 4) is 11.3 Å². The van der Waals surface area contributed by atoms with Crippen LogP contribution >= 0.6 is 11.3 Å². The summed E-state index contributed by atoms with van der Waals surface area (Å²) in [6.07, 6.45) is 1.61. The van der Waals surface area contributed by atoms with Crippen LogP contribution in [0, 0.1) is 6.92 Å². The molecule has 1 atom stereocenters. The van der Waals surface area contributed by atoms with Crippen LogP contribution in [0.5, 0.6) is 0 Å². The van der Waals surface area contributed by atoms with Crippen molar-refractivity contribution in [3.63, 3.8) is 0 Å². The highest BCUT2D eigenvalue weighted by molar-refractivity contribution is 7.09. The van der Waals surface area contributed by atoms with Gasteiger partial charge in [0.05, 0.1) is 16.4 Å². The maximum atomic E-state index is 10.3. The molecule has 0 aliphatic carbocycles. The third kappa shape index (κ3) is 3.35. The van der Waals surface area contributed by atoms with Crippen molar-refractivity contribution in [1.82, 2.24) is 9.97 Å². The summed E-state index contributed by atoms with van der Waals surface area (Å²) in [7, 11) is 0. The first-order chi connectivity index (χ1) is 10.2. The Morgan fingerprint density at radius 2 is 2.00 bits per heavy atom. The molecule has 1 unspecified atom stereocenters. The van der Waals surface area contributed by atoms with Gasteiger partial charge in [0.2, 0.25) is 0 Å². The van der Waals surface area contributed by atoms with Crippen molar-refractivity contribution in [3.05, 3.63) is 70.3 Å². The van der Waals surface area contributed by atoms with Gasteiger partial charge in [-0.1, -0.05) is 30.3 Å². The molecule has 21 heavy (non-hydrogen) atoms. The van der Waals surface area contributed by atoms with E-state index in [2.05, 4.69) is 9.97 Å². The van der Waals surface area contributed by atoms with Gasteiger partial charge in [0, 0.05) is 23.6 Å². The number of aliphatic hydroxyl groups is 1. The number of hydrogen-bond donors (Lipinski definition) is 1. The fourth-order valence-corrected chi connectivity index (χ4v) is 3.00. The van der Waals surface area contributed by atoms with Crippen molar-refractivity contribution in [2.75, 3.05) is 0 Å². The molecule has 0 saturated carbocycles. The van der Waals surface area contributed by atoms with Gasteiger partial charge < -0.3 is 5.11 Å². The molecular weight excluding hydrogens is 280 g/mol. The number of nitrogens with zero attached hydrogens (tertiary/aromatic N) is 2. The first kappa shape index (κ1) is 13.9. The van der Waals surface area contributed by atoms with E-state index in [0.29, 0.717) is 12.1 Å². The normalized spacial score (nSPS) is 12.3. The molecule has 106 valence electrons. The first-order valence-electron chi connectivity index (χ1n) is 6.83. The van der Waals surface area contributed by atoms with Gasteiger partial charge in [-0.2, -0.15) is 0 Å². The molecule has 0 bridgehead atoms. The van der Waals surface area contributed by atoms with Crippen LogP contribution in [0.2, 0.25) is 0 Å². The smallest absolute Gasteiger partial charge is 0.102 e. The highest BCUT2D eigenvalue weighted by Crippen LogP contribution is 2.25. The lowest BCUT2D eigenvalue weighted by molar-refractivity contribution is 0.173. The van der Waals surface area contributed by atoms with E-state index >= 15 is 0 Å². The number of aryl methyl sites for hydroxylation is 1. The summed E-state index contributed by atoms with van der Waals surface area (Å²) in [4.78, 5) is 8.83. The fourth-order valence-electron chi connectivity index (χ4n) is 2.16. The maximum Gasteiger partial charge on any atom is 0.102 e. The molecule has 3 aromatic rings. The molecule has 0 aliphatic heterocycles. The molecule has 0 radical (unpaired) electrons. The highest BCUT2D eigenvalue weighted by Gasteiger charge is 2.13. The molecule has 4 heteroatoms. The molecule has 0 saturated heterocycles. The molecular formula is C17H16N2OS. The number of pyridine rings is 1. The van der Waals surface area contributed by atoms with Crippen LogP contribution in [0.15, 0.2) is 54.0 Å². The maximum absolute atomic E-state index is 10.3. The zero-order chi connectivity index (χ0) is 14.7. The van der Waals surface area contributed by atoms with Gasteiger partial charge in [0.15, 0.2) is 0 Å². The molecule has 0 aliphatic rings. The predicted octanol–water partition coefficient (Wildman–Crippen LogP) is 3.79. The number of aromatic nitrogens is 2.